The second-order valence-electron chi connectivity index (χ2n) is 4.90. The molecule has 0 amide bonds. The highest BCUT2D eigenvalue weighted by molar-refractivity contribution is 4.93. The van der Waals surface area contributed by atoms with E-state index in [0.29, 0.717) is 0 Å². The van der Waals surface area contributed by atoms with Gasteiger partial charge in [0.25, 0.3) is 0 Å². The first-order chi connectivity index (χ1) is 6.22. The largest absolute Gasteiger partial charge is 0.389 e. The van der Waals surface area contributed by atoms with E-state index < -0.39 is 0 Å². The lowest BCUT2D eigenvalue weighted by Crippen LogP contribution is -2.39. The maximum absolute atomic E-state index is 10.2. The highest BCUT2D eigenvalue weighted by atomic mass is 16.3. The Kier molecular flexibility index (Phi) is 2.61. The van der Waals surface area contributed by atoms with Crippen LogP contribution in [0.1, 0.15) is 45.4 Å². The van der Waals surface area contributed by atoms with Gasteiger partial charge in [-0.1, -0.05) is 13.3 Å². The Balaban J connectivity index is 1.75. The summed E-state index contributed by atoms with van der Waals surface area (Å²) in [7, 11) is 0. The third kappa shape index (κ3) is 2.44. The standard InChI is InChI=1S/C11H21NO/c1-2-9-5-6-11(13,7-9)8-12-10-3-4-10/h9-10,12-13H,2-8H2,1H3. The van der Waals surface area contributed by atoms with Crippen LogP contribution in [0.15, 0.2) is 0 Å². The van der Waals surface area contributed by atoms with Gasteiger partial charge in [0.15, 0.2) is 0 Å². The van der Waals surface area contributed by atoms with Gasteiger partial charge in [0, 0.05) is 12.6 Å². The van der Waals surface area contributed by atoms with Crippen molar-refractivity contribution in [1.29, 1.82) is 0 Å². The van der Waals surface area contributed by atoms with Crippen molar-refractivity contribution in [3.8, 4) is 0 Å². The summed E-state index contributed by atoms with van der Waals surface area (Å²) in [4.78, 5) is 0. The summed E-state index contributed by atoms with van der Waals surface area (Å²) in [5.74, 6) is 0.769. The Hall–Kier alpha value is -0.0800. The van der Waals surface area contributed by atoms with E-state index in [1.807, 2.05) is 0 Å². The van der Waals surface area contributed by atoms with Crippen molar-refractivity contribution in [2.45, 2.75) is 57.1 Å². The lowest BCUT2D eigenvalue weighted by atomic mass is 9.99. The zero-order valence-electron chi connectivity index (χ0n) is 8.55. The van der Waals surface area contributed by atoms with E-state index in [2.05, 4.69) is 12.2 Å². The van der Waals surface area contributed by atoms with Crippen molar-refractivity contribution >= 4 is 0 Å². The molecule has 0 bridgehead atoms. The van der Waals surface area contributed by atoms with Crippen LogP contribution in [0.5, 0.6) is 0 Å². The Morgan fingerprint density at radius 1 is 1.38 bits per heavy atom. The average Bonchev–Trinajstić information content (AvgIpc) is 2.88. The molecule has 2 rings (SSSR count). The predicted molar refractivity (Wildman–Crippen MR) is 53.6 cm³/mol. The minimum Gasteiger partial charge on any atom is -0.389 e. The molecule has 13 heavy (non-hydrogen) atoms. The molecule has 0 aliphatic heterocycles. The fourth-order valence-electron chi connectivity index (χ4n) is 2.35. The highest BCUT2D eigenvalue weighted by Crippen LogP contribution is 2.36. The minimum atomic E-state index is -0.372. The Morgan fingerprint density at radius 3 is 2.69 bits per heavy atom. The van der Waals surface area contributed by atoms with E-state index in [4.69, 9.17) is 0 Å². The molecule has 2 atom stereocenters. The van der Waals surface area contributed by atoms with E-state index in [9.17, 15) is 5.11 Å². The van der Waals surface area contributed by atoms with Crippen molar-refractivity contribution in [3.63, 3.8) is 0 Å². The molecule has 2 heteroatoms. The number of rotatable bonds is 4. The van der Waals surface area contributed by atoms with E-state index >= 15 is 0 Å². The lowest BCUT2D eigenvalue weighted by Gasteiger charge is -2.23. The SMILES string of the molecule is CCC1CCC(O)(CNC2CC2)C1. The lowest BCUT2D eigenvalue weighted by molar-refractivity contribution is 0.0430. The van der Waals surface area contributed by atoms with Gasteiger partial charge in [-0.15, -0.1) is 0 Å². The van der Waals surface area contributed by atoms with Crippen molar-refractivity contribution in [1.82, 2.24) is 5.32 Å². The van der Waals surface area contributed by atoms with Gasteiger partial charge in [0.2, 0.25) is 0 Å². The molecule has 0 heterocycles. The summed E-state index contributed by atoms with van der Waals surface area (Å²) >= 11 is 0. The van der Waals surface area contributed by atoms with Crippen LogP contribution in [-0.2, 0) is 0 Å². The van der Waals surface area contributed by atoms with Crippen LogP contribution in [-0.4, -0.2) is 23.3 Å². The normalized spacial score (nSPS) is 39.7. The van der Waals surface area contributed by atoms with Gasteiger partial charge in [-0.3, -0.25) is 0 Å². The summed E-state index contributed by atoms with van der Waals surface area (Å²) in [6.07, 6.45) is 7.10. The smallest absolute Gasteiger partial charge is 0.0774 e. The molecule has 0 spiro atoms. The van der Waals surface area contributed by atoms with E-state index in [-0.39, 0.29) is 5.60 Å². The fourth-order valence-corrected chi connectivity index (χ4v) is 2.35. The van der Waals surface area contributed by atoms with Gasteiger partial charge in [-0.25, -0.2) is 0 Å². The van der Waals surface area contributed by atoms with Crippen molar-refractivity contribution in [2.24, 2.45) is 5.92 Å². The Morgan fingerprint density at radius 2 is 2.15 bits per heavy atom. The van der Waals surface area contributed by atoms with Crippen LogP contribution in [0, 0.1) is 5.92 Å². The molecule has 0 saturated heterocycles. The monoisotopic (exact) mass is 183 g/mol. The number of hydrogen-bond donors (Lipinski definition) is 2. The van der Waals surface area contributed by atoms with Crippen LogP contribution >= 0.6 is 0 Å². The van der Waals surface area contributed by atoms with Gasteiger partial charge in [-0.05, 0) is 38.0 Å². The average molecular weight is 183 g/mol. The maximum atomic E-state index is 10.2. The topological polar surface area (TPSA) is 32.3 Å². The first-order valence-corrected chi connectivity index (χ1v) is 5.67. The molecule has 2 fully saturated rings. The molecular weight excluding hydrogens is 162 g/mol. The van der Waals surface area contributed by atoms with E-state index in [0.717, 1.165) is 31.3 Å². The first kappa shape index (κ1) is 9.47. The van der Waals surface area contributed by atoms with Gasteiger partial charge in [0.05, 0.1) is 5.60 Å². The van der Waals surface area contributed by atoms with Crippen molar-refractivity contribution in [3.05, 3.63) is 0 Å². The number of aliphatic hydroxyl groups is 1. The van der Waals surface area contributed by atoms with Gasteiger partial charge < -0.3 is 10.4 Å². The second kappa shape index (κ2) is 3.58. The summed E-state index contributed by atoms with van der Waals surface area (Å²) in [6, 6.07) is 0.727. The predicted octanol–water partition coefficient (Wildman–Crippen LogP) is 1.68. The molecule has 2 aliphatic rings. The Bertz CT molecular complexity index is 179. The third-order valence-corrected chi connectivity index (χ3v) is 3.56. The number of nitrogens with one attached hydrogen (secondary N) is 1. The molecule has 2 nitrogen and oxygen atoms in total. The van der Waals surface area contributed by atoms with E-state index in [1.54, 1.807) is 0 Å². The third-order valence-electron chi connectivity index (χ3n) is 3.56. The summed E-state index contributed by atoms with van der Waals surface area (Å²) in [5, 5.41) is 13.6. The summed E-state index contributed by atoms with van der Waals surface area (Å²) in [6.45, 7) is 3.05. The van der Waals surface area contributed by atoms with Gasteiger partial charge >= 0.3 is 0 Å². The quantitative estimate of drug-likeness (QED) is 0.695. The second-order valence-corrected chi connectivity index (χ2v) is 4.90. The highest BCUT2D eigenvalue weighted by Gasteiger charge is 2.37. The molecule has 2 N–H and O–H groups in total. The Labute approximate surface area is 80.7 Å². The van der Waals surface area contributed by atoms with Crippen molar-refractivity contribution in [2.75, 3.05) is 6.54 Å². The molecule has 2 unspecified atom stereocenters. The van der Waals surface area contributed by atoms with E-state index in [1.165, 1.54) is 25.7 Å². The molecule has 2 aliphatic carbocycles. The maximum Gasteiger partial charge on any atom is 0.0774 e. The summed E-state index contributed by atoms with van der Waals surface area (Å²) < 4.78 is 0. The van der Waals surface area contributed by atoms with Gasteiger partial charge in [0.1, 0.15) is 0 Å². The number of hydrogen-bond acceptors (Lipinski definition) is 2. The van der Waals surface area contributed by atoms with Gasteiger partial charge in [-0.2, -0.15) is 0 Å². The molecule has 0 aromatic heterocycles. The molecule has 2 saturated carbocycles. The molecule has 0 aromatic carbocycles. The van der Waals surface area contributed by atoms with Crippen molar-refractivity contribution < 1.29 is 5.11 Å². The van der Waals surface area contributed by atoms with Crippen LogP contribution in [0.25, 0.3) is 0 Å². The first-order valence-electron chi connectivity index (χ1n) is 5.67. The summed E-state index contributed by atoms with van der Waals surface area (Å²) in [5.41, 5.74) is -0.372. The molecule has 76 valence electrons. The van der Waals surface area contributed by atoms with Crippen LogP contribution in [0.2, 0.25) is 0 Å². The molecular formula is C11H21NO. The van der Waals surface area contributed by atoms with Crippen LogP contribution in [0.4, 0.5) is 0 Å². The van der Waals surface area contributed by atoms with Crippen LogP contribution in [0.3, 0.4) is 0 Å². The molecule has 0 radical (unpaired) electrons. The molecule has 0 aromatic rings. The fraction of sp³-hybridized carbons (Fsp3) is 1.00. The zero-order valence-corrected chi connectivity index (χ0v) is 8.55. The zero-order chi connectivity index (χ0) is 9.31. The minimum absolute atomic E-state index is 0.372. The van der Waals surface area contributed by atoms with Crippen LogP contribution < -0.4 is 5.32 Å².